The number of rotatable bonds is 12. The molecule has 0 aromatic heterocycles. The van der Waals surface area contributed by atoms with Crippen molar-refractivity contribution in [3.05, 3.63) is 48.0 Å². The van der Waals surface area contributed by atoms with Crippen LogP contribution in [0.5, 0.6) is 0 Å². The van der Waals surface area contributed by atoms with Crippen LogP contribution in [-0.2, 0) is 44.4 Å². The Hall–Kier alpha value is -2.11. The molecule has 5 rings (SSSR count). The van der Waals surface area contributed by atoms with Crippen molar-refractivity contribution < 1.29 is 63.5 Å². The van der Waals surface area contributed by atoms with E-state index in [9.17, 15) is 35.1 Å². The number of halogens is 1. The van der Waals surface area contributed by atoms with Gasteiger partial charge in [-0.25, -0.2) is 0 Å². The van der Waals surface area contributed by atoms with Gasteiger partial charge >= 0.3 is 5.97 Å². The molecular formula is C50H80IN3O13. The minimum Gasteiger partial charge on any atom is -0.448 e. The van der Waals surface area contributed by atoms with Gasteiger partial charge in [0, 0.05) is 51.2 Å². The second kappa shape index (κ2) is 23.4. The molecule has 0 bridgehead atoms. The zero-order chi connectivity index (χ0) is 49.8. The highest BCUT2D eigenvalue weighted by Crippen LogP contribution is 2.40. The van der Waals surface area contributed by atoms with Gasteiger partial charge in [-0.3, -0.25) is 14.5 Å². The largest absolute Gasteiger partial charge is 0.448 e. The van der Waals surface area contributed by atoms with Crippen LogP contribution in [0, 0.1) is 17.8 Å². The first-order valence-electron chi connectivity index (χ1n) is 24.0. The van der Waals surface area contributed by atoms with Gasteiger partial charge in [-0.15, -0.1) is 0 Å². The maximum Gasteiger partial charge on any atom is 0.312 e. The van der Waals surface area contributed by atoms with Crippen LogP contribution in [0.25, 0.3) is 10.8 Å². The number of carbonyl (C=O) groups excluding carboxylic acids is 2. The number of aliphatic hydroxyl groups excluding tert-OH is 3. The number of amides is 1. The molecule has 0 spiro atoms. The van der Waals surface area contributed by atoms with Crippen molar-refractivity contribution in [3.63, 3.8) is 0 Å². The Kier molecular flexibility index (Phi) is 19.5. The number of nitrogens with one attached hydrogen (secondary N) is 1. The molecule has 2 aromatic carbocycles. The van der Waals surface area contributed by atoms with Crippen molar-refractivity contribution >= 4 is 45.2 Å². The fourth-order valence-electron chi connectivity index (χ4n) is 10.5. The van der Waals surface area contributed by atoms with Crippen LogP contribution in [-0.4, -0.2) is 176 Å². The van der Waals surface area contributed by atoms with Crippen molar-refractivity contribution in [2.24, 2.45) is 17.8 Å². The first-order valence-corrected chi connectivity index (χ1v) is 25.2. The summed E-state index contributed by atoms with van der Waals surface area (Å²) < 4.78 is 36.6. The zero-order valence-electron chi connectivity index (χ0n) is 41.6. The molecule has 2 aromatic rings. The molecule has 380 valence electrons. The highest BCUT2D eigenvalue weighted by molar-refractivity contribution is 14.1. The molecule has 6 N–H and O–H groups in total. The van der Waals surface area contributed by atoms with Crippen LogP contribution in [0.3, 0.4) is 0 Å². The van der Waals surface area contributed by atoms with Crippen LogP contribution in [0.1, 0.15) is 93.6 Å². The smallest absolute Gasteiger partial charge is 0.312 e. The predicted molar refractivity (Wildman–Crippen MR) is 262 cm³/mol. The fraction of sp³-hybridized carbons (Fsp3) is 0.760. The Morgan fingerprint density at radius 1 is 0.940 bits per heavy atom. The first kappa shape index (κ1) is 55.8. The Morgan fingerprint density at radius 2 is 1.61 bits per heavy atom. The van der Waals surface area contributed by atoms with Crippen LogP contribution >= 0.6 is 22.6 Å². The van der Waals surface area contributed by atoms with E-state index in [0.29, 0.717) is 32.5 Å². The Balaban J connectivity index is 1.46. The first-order chi connectivity index (χ1) is 31.3. The van der Waals surface area contributed by atoms with Gasteiger partial charge in [-0.2, -0.15) is 0 Å². The number of nitrogens with zero attached hydrogens (tertiary/aromatic N) is 2. The summed E-state index contributed by atoms with van der Waals surface area (Å²) in [5.41, 5.74) is -3.71. The van der Waals surface area contributed by atoms with Gasteiger partial charge in [0.2, 0.25) is 5.91 Å². The molecule has 16 nitrogen and oxygen atoms in total. The summed E-state index contributed by atoms with van der Waals surface area (Å²) >= 11 is 1.83. The molecule has 3 aliphatic heterocycles. The third-order valence-electron chi connectivity index (χ3n) is 14.6. The lowest BCUT2D eigenvalue weighted by Crippen LogP contribution is -2.60. The van der Waals surface area contributed by atoms with Crippen LogP contribution < -0.4 is 5.32 Å². The van der Waals surface area contributed by atoms with Crippen molar-refractivity contribution in [1.29, 1.82) is 0 Å². The Morgan fingerprint density at radius 3 is 2.28 bits per heavy atom. The van der Waals surface area contributed by atoms with Crippen molar-refractivity contribution in [2.75, 3.05) is 40.8 Å². The van der Waals surface area contributed by atoms with E-state index >= 15 is 0 Å². The average molecular weight is 1060 g/mol. The number of hydrogen-bond donors (Lipinski definition) is 6. The molecule has 3 fully saturated rings. The molecule has 0 unspecified atom stereocenters. The third-order valence-corrected chi connectivity index (χ3v) is 16.1. The molecule has 67 heavy (non-hydrogen) atoms. The number of cyclic esters (lactones) is 1. The lowest BCUT2D eigenvalue weighted by Gasteiger charge is -2.48. The number of benzene rings is 2. The van der Waals surface area contributed by atoms with Gasteiger partial charge in [0.25, 0.3) is 0 Å². The standard InChI is InChI=1S/C50H80IN3O13/c1-28-25-48(7,60)44(66-46-40(56)37(53(10)11)23-29(2)63-46)30(3)41(65-39-26-49(8,62-12)43(58)33(6)64-39)31(4)45(59)67-47(51)50(9,61)42(57)32(5)54(27-28)22-16-21-52-38(55)24-35-19-15-18-34-17-13-14-20-36(34)35/h13-15,17-20,28-33,37,39-44,46-47,56-58,60-61H,16,21-27H2,1-12H3,(H,52,55)/t28-,29-,30+,31-,32-,33+,37+,39+,40-,41+,42-,43+,44-,46+,47+,48-,49-,50+/m1/s1. The SMILES string of the molecule is CO[C@]1(C)C[C@H](O[C@H]2[C@H](C)[C@@H](O[C@@H]3O[C@H](C)C[C@H](N(C)C)[C@H]3O)[C@](C)(O)C[C@@H](C)CN(CCCNC(=O)Cc3cccc4ccccc34)[C@H](C)[C@@H](O)[C@](C)(O)[C@@H](I)OC(=O)[C@@H]2C)O[C@@H](C)[C@@H]1O. The molecule has 0 radical (unpaired) electrons. The average Bonchev–Trinajstić information content (AvgIpc) is 3.26. The van der Waals surface area contributed by atoms with Gasteiger partial charge in [-0.05, 0) is 127 Å². The lowest BCUT2D eigenvalue weighted by molar-refractivity contribution is -0.317. The van der Waals surface area contributed by atoms with Crippen LogP contribution in [0.4, 0.5) is 0 Å². The number of methoxy groups -OCH3 is 1. The molecule has 1 amide bonds. The van der Waals surface area contributed by atoms with Crippen molar-refractivity contribution in [3.8, 4) is 0 Å². The normalized spacial score (nSPS) is 41.1. The van der Waals surface area contributed by atoms with E-state index in [-0.39, 0.29) is 43.2 Å². The van der Waals surface area contributed by atoms with Crippen molar-refractivity contribution in [2.45, 2.75) is 183 Å². The zero-order valence-corrected chi connectivity index (χ0v) is 43.8. The summed E-state index contributed by atoms with van der Waals surface area (Å²) in [4.78, 5) is 31.6. The maximum absolute atomic E-state index is 14.4. The van der Waals surface area contributed by atoms with Crippen LogP contribution in [0.15, 0.2) is 42.5 Å². The molecule has 3 heterocycles. The predicted octanol–water partition coefficient (Wildman–Crippen LogP) is 4.16. The van der Waals surface area contributed by atoms with Gasteiger partial charge < -0.3 is 64.2 Å². The van der Waals surface area contributed by atoms with E-state index < -0.39 is 94.0 Å². The van der Waals surface area contributed by atoms with E-state index in [1.807, 2.05) is 103 Å². The van der Waals surface area contributed by atoms with E-state index in [1.54, 1.807) is 41.5 Å². The highest BCUT2D eigenvalue weighted by atomic mass is 127. The van der Waals surface area contributed by atoms with Crippen molar-refractivity contribution in [1.82, 2.24) is 15.1 Å². The number of carbonyl (C=O) groups is 2. The van der Waals surface area contributed by atoms with E-state index in [2.05, 4.69) is 5.32 Å². The molecule has 3 saturated heterocycles. The van der Waals surface area contributed by atoms with Gasteiger partial charge in [-0.1, -0.05) is 56.3 Å². The minimum atomic E-state index is -1.94. The fourth-order valence-corrected chi connectivity index (χ4v) is 11.1. The monoisotopic (exact) mass is 1060 g/mol. The summed E-state index contributed by atoms with van der Waals surface area (Å²) in [7, 11) is 5.25. The summed E-state index contributed by atoms with van der Waals surface area (Å²) in [6, 6.07) is 12.9. The number of alkyl halides is 1. The van der Waals surface area contributed by atoms with Gasteiger partial charge in [0.1, 0.15) is 23.9 Å². The second-order valence-electron chi connectivity index (χ2n) is 20.7. The van der Waals surface area contributed by atoms with E-state index in [0.717, 1.165) is 16.3 Å². The summed E-state index contributed by atoms with van der Waals surface area (Å²) in [5.74, 6) is -3.01. The van der Waals surface area contributed by atoms with Gasteiger partial charge in [0.05, 0.1) is 48.0 Å². The number of esters is 1. The number of fused-ring (bicyclic) bond motifs is 1. The number of likely N-dealkylation sites (N-methyl/N-ethyl adjacent to an activating group) is 1. The molecule has 3 aliphatic rings. The molecule has 17 heteroatoms. The number of aliphatic hydroxyl groups is 5. The summed E-state index contributed by atoms with van der Waals surface area (Å²) in [5, 5.41) is 64.8. The number of ether oxygens (including phenoxy) is 6. The topological polar surface area (TPSA) is 209 Å². The lowest BCUT2D eigenvalue weighted by atomic mass is 9.77. The quantitative estimate of drug-likeness (QED) is 0.0764. The molecular weight excluding hydrogens is 977 g/mol. The summed E-state index contributed by atoms with van der Waals surface area (Å²) in [6.07, 6.45) is -7.30. The highest BCUT2D eigenvalue weighted by Gasteiger charge is 2.53. The molecule has 18 atom stereocenters. The summed E-state index contributed by atoms with van der Waals surface area (Å²) in [6.45, 7) is 16.8. The second-order valence-corrected chi connectivity index (χ2v) is 21.8. The Labute approximate surface area is 411 Å². The maximum atomic E-state index is 14.4. The van der Waals surface area contributed by atoms with Gasteiger partial charge in [0.15, 0.2) is 16.7 Å². The molecule has 0 saturated carbocycles. The third kappa shape index (κ3) is 13.4. The van der Waals surface area contributed by atoms with E-state index in [4.69, 9.17) is 28.4 Å². The minimum absolute atomic E-state index is 0.100. The van der Waals surface area contributed by atoms with E-state index in [1.165, 1.54) is 14.0 Å². The number of hydrogen-bond acceptors (Lipinski definition) is 15. The molecule has 0 aliphatic carbocycles. The Bertz CT molecular complexity index is 1920. The van der Waals surface area contributed by atoms with Crippen LogP contribution in [0.2, 0.25) is 0 Å².